The van der Waals surface area contributed by atoms with Gasteiger partial charge < -0.3 is 4.74 Å². The Hall–Kier alpha value is -2.04. The highest BCUT2D eigenvalue weighted by molar-refractivity contribution is 5.93. The van der Waals surface area contributed by atoms with E-state index in [0.29, 0.717) is 17.9 Å². The van der Waals surface area contributed by atoms with E-state index in [9.17, 15) is 4.79 Å². The van der Waals surface area contributed by atoms with Crippen LogP contribution < -0.4 is 15.6 Å². The number of rotatable bonds is 5. The van der Waals surface area contributed by atoms with Crippen molar-refractivity contribution in [3.63, 3.8) is 0 Å². The van der Waals surface area contributed by atoms with Gasteiger partial charge in [-0.15, -0.1) is 12.4 Å². The third-order valence-corrected chi connectivity index (χ3v) is 2.47. The third kappa shape index (κ3) is 4.57. The largest absolute Gasteiger partial charge is 0.457 e. The molecule has 0 saturated carbocycles. The number of hydrogen-bond donors (Lipinski definition) is 2. The Morgan fingerprint density at radius 1 is 1.00 bits per heavy atom. The Bertz CT molecular complexity index is 529. The van der Waals surface area contributed by atoms with E-state index in [0.717, 1.165) is 5.75 Å². The predicted molar refractivity (Wildman–Crippen MR) is 81.3 cm³/mol. The molecule has 20 heavy (non-hydrogen) atoms. The second-order valence-electron chi connectivity index (χ2n) is 3.92. The van der Waals surface area contributed by atoms with Crippen molar-refractivity contribution < 1.29 is 9.53 Å². The topological polar surface area (TPSA) is 50.4 Å². The quantitative estimate of drug-likeness (QED) is 0.832. The summed E-state index contributed by atoms with van der Waals surface area (Å²) in [6.45, 7) is 2.60. The van der Waals surface area contributed by atoms with Gasteiger partial charge in [0, 0.05) is 12.1 Å². The molecule has 0 bridgehead atoms. The number of nitrogens with one attached hydrogen (secondary N) is 2. The fraction of sp³-hybridized carbons (Fsp3) is 0.133. The van der Waals surface area contributed by atoms with Gasteiger partial charge in [0.05, 0.1) is 0 Å². The number of ether oxygens (including phenoxy) is 1. The summed E-state index contributed by atoms with van der Waals surface area (Å²) >= 11 is 0. The van der Waals surface area contributed by atoms with Gasteiger partial charge in [0.1, 0.15) is 11.5 Å². The molecule has 0 aromatic heterocycles. The molecule has 0 fully saturated rings. The van der Waals surface area contributed by atoms with Gasteiger partial charge in [-0.05, 0) is 36.4 Å². The first kappa shape index (κ1) is 16.0. The Morgan fingerprint density at radius 3 is 2.20 bits per heavy atom. The van der Waals surface area contributed by atoms with Crippen molar-refractivity contribution in [2.45, 2.75) is 6.92 Å². The molecule has 0 spiro atoms. The van der Waals surface area contributed by atoms with E-state index in [1.54, 1.807) is 24.3 Å². The fourth-order valence-corrected chi connectivity index (χ4v) is 1.54. The molecular formula is C15H17ClN2O2. The molecule has 0 aliphatic carbocycles. The molecule has 2 aromatic carbocycles. The predicted octanol–water partition coefficient (Wildman–Crippen LogP) is 3.16. The van der Waals surface area contributed by atoms with Gasteiger partial charge in [-0.3, -0.25) is 10.2 Å². The number of benzene rings is 2. The Balaban J connectivity index is 0.00000200. The molecule has 0 heterocycles. The first-order chi connectivity index (χ1) is 9.29. The molecule has 2 aromatic rings. The van der Waals surface area contributed by atoms with Crippen LogP contribution in [0.15, 0.2) is 54.6 Å². The molecule has 106 valence electrons. The minimum absolute atomic E-state index is 0. The maximum atomic E-state index is 11.7. The zero-order valence-electron chi connectivity index (χ0n) is 11.1. The highest BCUT2D eigenvalue weighted by atomic mass is 35.5. The van der Waals surface area contributed by atoms with Crippen LogP contribution in [0, 0.1) is 0 Å². The maximum Gasteiger partial charge on any atom is 0.265 e. The number of amides is 1. The lowest BCUT2D eigenvalue weighted by Crippen LogP contribution is -2.36. The molecule has 0 atom stereocenters. The second kappa shape index (κ2) is 8.19. The summed E-state index contributed by atoms with van der Waals surface area (Å²) in [7, 11) is 0. The highest BCUT2D eigenvalue weighted by Gasteiger charge is 2.04. The van der Waals surface area contributed by atoms with Crippen LogP contribution in [0.2, 0.25) is 0 Å². The Labute approximate surface area is 124 Å². The van der Waals surface area contributed by atoms with Gasteiger partial charge in [-0.1, -0.05) is 25.1 Å². The molecular weight excluding hydrogens is 276 g/mol. The van der Waals surface area contributed by atoms with Crippen LogP contribution in [0.25, 0.3) is 0 Å². The molecule has 1 amide bonds. The lowest BCUT2D eigenvalue weighted by atomic mass is 10.2. The lowest BCUT2D eigenvalue weighted by molar-refractivity contribution is 0.0934. The molecule has 0 unspecified atom stereocenters. The average Bonchev–Trinajstić information content (AvgIpc) is 2.46. The standard InChI is InChI=1S/C15H16N2O2.ClH/c1-2-16-17-15(18)12-8-10-14(11-9-12)19-13-6-4-3-5-7-13;/h3-11,16H,2H2,1H3,(H,17,18);1H. The number of hydrazine groups is 1. The van der Waals surface area contributed by atoms with Crippen LogP contribution in [-0.4, -0.2) is 12.5 Å². The van der Waals surface area contributed by atoms with Crippen LogP contribution in [0.4, 0.5) is 0 Å². The van der Waals surface area contributed by atoms with Crippen LogP contribution in [0.5, 0.6) is 11.5 Å². The molecule has 0 aliphatic heterocycles. The number of carbonyl (C=O) groups excluding carboxylic acids is 1. The van der Waals surface area contributed by atoms with E-state index in [1.807, 2.05) is 37.3 Å². The summed E-state index contributed by atoms with van der Waals surface area (Å²) < 4.78 is 5.65. The van der Waals surface area contributed by atoms with Crippen molar-refractivity contribution >= 4 is 18.3 Å². The third-order valence-electron chi connectivity index (χ3n) is 2.47. The van der Waals surface area contributed by atoms with E-state index in [1.165, 1.54) is 0 Å². The minimum Gasteiger partial charge on any atom is -0.457 e. The summed E-state index contributed by atoms with van der Waals surface area (Å²) in [5.41, 5.74) is 5.94. The number of para-hydroxylation sites is 1. The van der Waals surface area contributed by atoms with E-state index < -0.39 is 0 Å². The molecule has 4 nitrogen and oxygen atoms in total. The van der Waals surface area contributed by atoms with Gasteiger partial charge in [-0.25, -0.2) is 5.43 Å². The fourth-order valence-electron chi connectivity index (χ4n) is 1.54. The van der Waals surface area contributed by atoms with Crippen molar-refractivity contribution in [3.8, 4) is 11.5 Å². The zero-order chi connectivity index (χ0) is 13.5. The smallest absolute Gasteiger partial charge is 0.265 e. The normalized spacial score (nSPS) is 9.45. The highest BCUT2D eigenvalue weighted by Crippen LogP contribution is 2.20. The summed E-state index contributed by atoms with van der Waals surface area (Å²) in [5.74, 6) is 1.31. The Kier molecular flexibility index (Phi) is 6.56. The van der Waals surface area contributed by atoms with Gasteiger partial charge >= 0.3 is 0 Å². The SMILES string of the molecule is CCNNC(=O)c1ccc(Oc2ccccc2)cc1.Cl. The number of carbonyl (C=O) groups is 1. The molecule has 0 radical (unpaired) electrons. The van der Waals surface area contributed by atoms with Crippen LogP contribution >= 0.6 is 12.4 Å². The Morgan fingerprint density at radius 2 is 1.60 bits per heavy atom. The van der Waals surface area contributed by atoms with E-state index in [-0.39, 0.29) is 18.3 Å². The van der Waals surface area contributed by atoms with Crippen LogP contribution in [-0.2, 0) is 0 Å². The van der Waals surface area contributed by atoms with Gasteiger partial charge in [0.15, 0.2) is 0 Å². The van der Waals surface area contributed by atoms with Gasteiger partial charge in [0.25, 0.3) is 5.91 Å². The van der Waals surface area contributed by atoms with Gasteiger partial charge in [-0.2, -0.15) is 0 Å². The average molecular weight is 293 g/mol. The van der Waals surface area contributed by atoms with Crippen LogP contribution in [0.1, 0.15) is 17.3 Å². The number of hydrogen-bond acceptors (Lipinski definition) is 3. The van der Waals surface area contributed by atoms with Crippen molar-refractivity contribution in [2.24, 2.45) is 0 Å². The van der Waals surface area contributed by atoms with E-state index >= 15 is 0 Å². The van der Waals surface area contributed by atoms with Crippen LogP contribution in [0.3, 0.4) is 0 Å². The zero-order valence-corrected chi connectivity index (χ0v) is 11.9. The first-order valence-corrected chi connectivity index (χ1v) is 6.16. The first-order valence-electron chi connectivity index (χ1n) is 6.16. The summed E-state index contributed by atoms with van der Waals surface area (Å²) in [4.78, 5) is 11.7. The number of halogens is 1. The van der Waals surface area contributed by atoms with Crippen molar-refractivity contribution in [3.05, 3.63) is 60.2 Å². The summed E-state index contributed by atoms with van der Waals surface area (Å²) in [6, 6.07) is 16.5. The van der Waals surface area contributed by atoms with Crippen molar-refractivity contribution in [1.82, 2.24) is 10.9 Å². The summed E-state index contributed by atoms with van der Waals surface area (Å²) in [5, 5.41) is 0. The van der Waals surface area contributed by atoms with Crippen molar-refractivity contribution in [2.75, 3.05) is 6.54 Å². The summed E-state index contributed by atoms with van der Waals surface area (Å²) in [6.07, 6.45) is 0. The van der Waals surface area contributed by atoms with Crippen molar-refractivity contribution in [1.29, 1.82) is 0 Å². The molecule has 0 saturated heterocycles. The van der Waals surface area contributed by atoms with Gasteiger partial charge in [0.2, 0.25) is 0 Å². The molecule has 0 aliphatic rings. The minimum atomic E-state index is -0.159. The molecule has 5 heteroatoms. The lowest BCUT2D eigenvalue weighted by Gasteiger charge is -2.07. The molecule has 2 N–H and O–H groups in total. The van der Waals surface area contributed by atoms with E-state index in [4.69, 9.17) is 4.74 Å². The second-order valence-corrected chi connectivity index (χ2v) is 3.92. The maximum absolute atomic E-state index is 11.7. The molecule has 2 rings (SSSR count). The van der Waals surface area contributed by atoms with E-state index in [2.05, 4.69) is 10.9 Å². The monoisotopic (exact) mass is 292 g/mol.